The highest BCUT2D eigenvalue weighted by molar-refractivity contribution is 7.16. The molecule has 0 spiro atoms. The van der Waals surface area contributed by atoms with Crippen LogP contribution in [0.3, 0.4) is 0 Å². The maximum absolute atomic E-state index is 13.1. The second-order valence-corrected chi connectivity index (χ2v) is 8.18. The Balaban J connectivity index is 1.63. The average molecular weight is 344 g/mol. The summed E-state index contributed by atoms with van der Waals surface area (Å²) in [7, 11) is 0. The largest absolute Gasteiger partial charge is 0.390 e. The van der Waals surface area contributed by atoms with Gasteiger partial charge in [0.25, 0.3) is 0 Å². The quantitative estimate of drug-likeness (QED) is 0.797. The van der Waals surface area contributed by atoms with Gasteiger partial charge in [0, 0.05) is 6.42 Å². The van der Waals surface area contributed by atoms with Gasteiger partial charge in [-0.2, -0.15) is 0 Å². The molecule has 1 N–H and O–H groups in total. The van der Waals surface area contributed by atoms with Crippen LogP contribution in [0.25, 0.3) is 10.2 Å². The summed E-state index contributed by atoms with van der Waals surface area (Å²) < 4.78 is 6.92. The summed E-state index contributed by atoms with van der Waals surface area (Å²) in [4.78, 5) is 31.6. The molecule has 3 aliphatic rings. The van der Waals surface area contributed by atoms with Crippen molar-refractivity contribution >= 4 is 39.1 Å². The minimum absolute atomic E-state index is 0.230. The Bertz CT molecular complexity index is 911. The van der Waals surface area contributed by atoms with E-state index in [4.69, 9.17) is 4.74 Å². The van der Waals surface area contributed by atoms with E-state index in [2.05, 4.69) is 4.98 Å². The normalized spacial score (nSPS) is 40.8. The van der Waals surface area contributed by atoms with E-state index in [1.54, 1.807) is 18.5 Å². The van der Waals surface area contributed by atoms with Crippen LogP contribution in [0.1, 0.15) is 20.3 Å². The van der Waals surface area contributed by atoms with Crippen LogP contribution in [0.5, 0.6) is 0 Å². The second-order valence-electron chi connectivity index (χ2n) is 7.29. The van der Waals surface area contributed by atoms with E-state index >= 15 is 0 Å². The molecule has 2 aromatic rings. The van der Waals surface area contributed by atoms with Crippen molar-refractivity contribution in [2.45, 2.75) is 37.6 Å². The number of aliphatic hydroxyl groups excluding tert-OH is 1. The van der Waals surface area contributed by atoms with Gasteiger partial charge in [-0.1, -0.05) is 0 Å². The van der Waals surface area contributed by atoms with Gasteiger partial charge in [-0.15, -0.1) is 11.3 Å². The first-order valence-corrected chi connectivity index (χ1v) is 8.82. The van der Waals surface area contributed by atoms with Crippen LogP contribution < -0.4 is 4.90 Å². The topological polar surface area (TPSA) is 79.7 Å². The Kier molecular flexibility index (Phi) is 2.55. The van der Waals surface area contributed by atoms with Crippen molar-refractivity contribution < 1.29 is 19.4 Å². The Morgan fingerprint density at radius 3 is 2.83 bits per heavy atom. The van der Waals surface area contributed by atoms with Crippen molar-refractivity contribution in [1.82, 2.24) is 4.98 Å². The molecule has 3 saturated heterocycles. The average Bonchev–Trinajstić information content (AvgIpc) is 3.19. The number of benzene rings is 1. The molecular weight excluding hydrogens is 328 g/mol. The van der Waals surface area contributed by atoms with Gasteiger partial charge in [-0.05, 0) is 32.0 Å². The van der Waals surface area contributed by atoms with Gasteiger partial charge < -0.3 is 9.84 Å². The number of ether oxygens (including phenoxy) is 1. The fraction of sp³-hybridized carbons (Fsp3) is 0.471. The highest BCUT2D eigenvalue weighted by Crippen LogP contribution is 2.61. The van der Waals surface area contributed by atoms with Gasteiger partial charge in [-0.3, -0.25) is 9.59 Å². The fourth-order valence-electron chi connectivity index (χ4n) is 4.76. The van der Waals surface area contributed by atoms with Crippen molar-refractivity contribution in [3.8, 4) is 0 Å². The maximum atomic E-state index is 13.1. The number of aliphatic hydroxyl groups is 1. The van der Waals surface area contributed by atoms with Crippen molar-refractivity contribution in [2.24, 2.45) is 11.8 Å². The molecule has 124 valence electrons. The Morgan fingerprint density at radius 1 is 1.29 bits per heavy atom. The number of imide groups is 1. The zero-order valence-electron chi connectivity index (χ0n) is 13.2. The van der Waals surface area contributed by atoms with Gasteiger partial charge in [0.1, 0.15) is 5.60 Å². The minimum atomic E-state index is -0.991. The lowest BCUT2D eigenvalue weighted by Gasteiger charge is -2.31. The van der Waals surface area contributed by atoms with Crippen LogP contribution in [0.15, 0.2) is 23.7 Å². The minimum Gasteiger partial charge on any atom is -0.390 e. The fourth-order valence-corrected chi connectivity index (χ4v) is 5.47. The number of hydrogen-bond acceptors (Lipinski definition) is 6. The van der Waals surface area contributed by atoms with Gasteiger partial charge in [0.2, 0.25) is 11.8 Å². The van der Waals surface area contributed by atoms with Crippen molar-refractivity contribution in [1.29, 1.82) is 0 Å². The first-order valence-electron chi connectivity index (χ1n) is 7.94. The Hall–Kier alpha value is -1.83. The van der Waals surface area contributed by atoms with Crippen LogP contribution in [-0.4, -0.2) is 39.2 Å². The van der Waals surface area contributed by atoms with Crippen LogP contribution in [0.4, 0.5) is 5.69 Å². The Morgan fingerprint density at radius 2 is 2.04 bits per heavy atom. The molecule has 7 heteroatoms. The number of fused-ring (bicyclic) bond motifs is 6. The summed E-state index contributed by atoms with van der Waals surface area (Å²) in [6.07, 6.45) is -0.352. The smallest absolute Gasteiger partial charge is 0.240 e. The lowest BCUT2D eigenvalue weighted by Crippen LogP contribution is -2.49. The number of thiazole rings is 1. The number of carbonyl (C=O) groups excluding carboxylic acids is 2. The molecule has 6 nitrogen and oxygen atoms in total. The molecule has 0 unspecified atom stereocenters. The van der Waals surface area contributed by atoms with E-state index in [0.29, 0.717) is 12.1 Å². The lowest BCUT2D eigenvalue weighted by molar-refractivity contribution is -0.132. The molecule has 1 aromatic carbocycles. The zero-order chi connectivity index (χ0) is 16.9. The maximum Gasteiger partial charge on any atom is 0.240 e. The molecule has 0 radical (unpaired) electrons. The van der Waals surface area contributed by atoms with Gasteiger partial charge >= 0.3 is 0 Å². The number of nitrogens with zero attached hydrogens (tertiary/aromatic N) is 2. The summed E-state index contributed by atoms with van der Waals surface area (Å²) in [5.74, 6) is -1.67. The molecule has 4 heterocycles. The first-order chi connectivity index (χ1) is 11.3. The highest BCUT2D eigenvalue weighted by Gasteiger charge is 2.75. The number of rotatable bonds is 1. The van der Waals surface area contributed by atoms with Crippen LogP contribution >= 0.6 is 11.3 Å². The molecule has 5 atom stereocenters. The van der Waals surface area contributed by atoms with E-state index in [1.165, 1.54) is 16.2 Å². The molecule has 0 saturated carbocycles. The third kappa shape index (κ3) is 1.51. The molecule has 2 bridgehead atoms. The Labute approximate surface area is 142 Å². The van der Waals surface area contributed by atoms with E-state index in [-0.39, 0.29) is 11.8 Å². The van der Waals surface area contributed by atoms with Crippen LogP contribution in [0, 0.1) is 11.8 Å². The second kappa shape index (κ2) is 4.22. The lowest BCUT2D eigenvalue weighted by atomic mass is 9.67. The summed E-state index contributed by atoms with van der Waals surface area (Å²) in [6, 6.07) is 5.40. The van der Waals surface area contributed by atoms with E-state index < -0.39 is 29.1 Å². The van der Waals surface area contributed by atoms with Gasteiger partial charge in [0.15, 0.2) is 0 Å². The predicted octanol–water partition coefficient (Wildman–Crippen LogP) is 1.71. The first kappa shape index (κ1) is 14.5. The third-order valence-corrected chi connectivity index (χ3v) is 6.66. The number of carbonyl (C=O) groups is 2. The van der Waals surface area contributed by atoms with Gasteiger partial charge in [-0.25, -0.2) is 9.88 Å². The number of aromatic nitrogens is 1. The molecule has 0 aliphatic carbocycles. The third-order valence-electron chi connectivity index (χ3n) is 5.87. The summed E-state index contributed by atoms with van der Waals surface area (Å²) in [5.41, 5.74) is 1.38. The van der Waals surface area contributed by atoms with Crippen molar-refractivity contribution in [2.75, 3.05) is 4.90 Å². The van der Waals surface area contributed by atoms with E-state index in [1.807, 2.05) is 19.1 Å². The van der Waals surface area contributed by atoms with Crippen molar-refractivity contribution in [3.63, 3.8) is 0 Å². The standard InChI is InChI=1S/C17H16N2O4S/c1-16-6-11(20)17(2,23-16)13-12(16)14(21)19(15(13)22)8-3-4-9-10(5-8)24-7-18-9/h3-5,7,11-13,20H,6H2,1-2H3/t11-,12+,13-,16+,17-/m1/s1. The molecule has 3 fully saturated rings. The molecule has 3 aliphatic heterocycles. The molecule has 24 heavy (non-hydrogen) atoms. The molecule has 5 rings (SSSR count). The number of hydrogen-bond donors (Lipinski definition) is 1. The SMILES string of the molecule is C[C@@]12O[C@@](C)(C[C@H]1O)[C@@H]1C(=O)N(c3ccc4ncsc4c3)C(=O)[C@@H]12. The summed E-state index contributed by atoms with van der Waals surface area (Å²) >= 11 is 1.47. The molecule has 2 amide bonds. The van der Waals surface area contributed by atoms with Crippen LogP contribution in [0.2, 0.25) is 0 Å². The predicted molar refractivity (Wildman–Crippen MR) is 87.6 cm³/mol. The van der Waals surface area contributed by atoms with Crippen molar-refractivity contribution in [3.05, 3.63) is 23.7 Å². The highest BCUT2D eigenvalue weighted by atomic mass is 32.1. The zero-order valence-corrected chi connectivity index (χ0v) is 14.0. The summed E-state index contributed by atoms with van der Waals surface area (Å²) in [6.45, 7) is 3.57. The van der Waals surface area contributed by atoms with Crippen LogP contribution in [-0.2, 0) is 14.3 Å². The number of amides is 2. The molecular formula is C17H16N2O4S. The van der Waals surface area contributed by atoms with Gasteiger partial charge in [0.05, 0.1) is 45.0 Å². The van der Waals surface area contributed by atoms with E-state index in [9.17, 15) is 14.7 Å². The summed E-state index contributed by atoms with van der Waals surface area (Å²) in [5, 5.41) is 10.4. The molecule has 1 aromatic heterocycles. The number of anilines is 1. The van der Waals surface area contributed by atoms with E-state index in [0.717, 1.165) is 10.2 Å². The monoisotopic (exact) mass is 344 g/mol.